The number of ether oxygens (including phenoxy) is 1. The molecule has 3 aromatic carbocycles. The van der Waals surface area contributed by atoms with Crippen LogP contribution in [-0.2, 0) is 17.8 Å². The molecule has 0 saturated heterocycles. The summed E-state index contributed by atoms with van der Waals surface area (Å²) in [4.78, 5) is 15.1. The van der Waals surface area contributed by atoms with Crippen LogP contribution >= 0.6 is 0 Å². The third-order valence-corrected chi connectivity index (χ3v) is 4.88. The van der Waals surface area contributed by atoms with Gasteiger partial charge in [-0.05, 0) is 47.5 Å². The molecule has 30 heavy (non-hydrogen) atoms. The zero-order valence-electron chi connectivity index (χ0n) is 16.8. The highest BCUT2D eigenvalue weighted by Gasteiger charge is 2.18. The van der Waals surface area contributed by atoms with Crippen molar-refractivity contribution in [2.45, 2.75) is 13.0 Å². The normalized spacial score (nSPS) is 10.6. The molecular formula is C25H23N3O2. The number of carbonyl (C=O) groups excluding carboxylic acids is 1. The number of hydrogen-bond acceptors (Lipinski definition) is 3. The Kier molecular flexibility index (Phi) is 5.90. The van der Waals surface area contributed by atoms with Crippen molar-refractivity contribution < 1.29 is 9.53 Å². The molecular weight excluding hydrogens is 374 g/mol. The molecule has 0 bridgehead atoms. The van der Waals surface area contributed by atoms with Crippen LogP contribution in [0.2, 0.25) is 0 Å². The van der Waals surface area contributed by atoms with E-state index in [0.29, 0.717) is 6.54 Å². The largest absolute Gasteiger partial charge is 0.497 e. The van der Waals surface area contributed by atoms with Crippen LogP contribution in [0.4, 0.5) is 5.69 Å². The maximum Gasteiger partial charge on any atom is 0.231 e. The molecule has 0 unspecified atom stereocenters. The molecule has 150 valence electrons. The average Bonchev–Trinajstić information content (AvgIpc) is 3.27. The molecule has 1 amide bonds. The van der Waals surface area contributed by atoms with Crippen LogP contribution in [0.15, 0.2) is 97.3 Å². The number of aromatic nitrogens is 2. The fourth-order valence-electron chi connectivity index (χ4n) is 3.29. The van der Waals surface area contributed by atoms with Crippen LogP contribution in [0.1, 0.15) is 11.1 Å². The predicted molar refractivity (Wildman–Crippen MR) is 118 cm³/mol. The highest BCUT2D eigenvalue weighted by molar-refractivity contribution is 5.94. The van der Waals surface area contributed by atoms with Crippen LogP contribution in [0.5, 0.6) is 5.75 Å². The molecule has 0 aliphatic heterocycles. The van der Waals surface area contributed by atoms with Crippen molar-refractivity contribution in [3.63, 3.8) is 0 Å². The second kappa shape index (κ2) is 9.09. The maximum absolute atomic E-state index is 13.3. The summed E-state index contributed by atoms with van der Waals surface area (Å²) in [6.45, 7) is 0.499. The Morgan fingerprint density at radius 2 is 1.57 bits per heavy atom. The summed E-state index contributed by atoms with van der Waals surface area (Å²) in [5, 5.41) is 4.41. The van der Waals surface area contributed by atoms with E-state index < -0.39 is 0 Å². The first-order chi connectivity index (χ1) is 14.7. The van der Waals surface area contributed by atoms with Crippen LogP contribution < -0.4 is 9.64 Å². The lowest BCUT2D eigenvalue weighted by Gasteiger charge is -2.23. The maximum atomic E-state index is 13.3. The van der Waals surface area contributed by atoms with E-state index in [4.69, 9.17) is 4.74 Å². The van der Waals surface area contributed by atoms with Crippen molar-refractivity contribution in [1.82, 2.24) is 9.78 Å². The van der Waals surface area contributed by atoms with E-state index in [2.05, 4.69) is 5.10 Å². The Morgan fingerprint density at radius 3 is 2.23 bits per heavy atom. The highest BCUT2D eigenvalue weighted by Crippen LogP contribution is 2.22. The summed E-state index contributed by atoms with van der Waals surface area (Å²) in [6, 6.07) is 27.4. The van der Waals surface area contributed by atoms with Crippen molar-refractivity contribution >= 4 is 11.6 Å². The molecule has 0 atom stereocenters. The first kappa shape index (κ1) is 19.5. The number of benzene rings is 3. The summed E-state index contributed by atoms with van der Waals surface area (Å²) in [5.41, 5.74) is 3.74. The Morgan fingerprint density at radius 1 is 0.900 bits per heavy atom. The Labute approximate surface area is 176 Å². The molecule has 0 radical (unpaired) electrons. The molecule has 0 saturated carbocycles. The van der Waals surface area contributed by atoms with E-state index in [9.17, 15) is 4.79 Å². The van der Waals surface area contributed by atoms with Crippen molar-refractivity contribution in [2.24, 2.45) is 0 Å². The molecule has 0 spiro atoms. The number of amides is 1. The Bertz CT molecular complexity index is 1090. The summed E-state index contributed by atoms with van der Waals surface area (Å²) in [5.74, 6) is 0.770. The van der Waals surface area contributed by atoms with Crippen molar-refractivity contribution in [3.8, 4) is 11.4 Å². The van der Waals surface area contributed by atoms with Gasteiger partial charge in [-0.25, -0.2) is 4.68 Å². The Hall–Kier alpha value is -3.86. The standard InChI is InChI=1S/C25H23N3O2/c1-30-24-14-12-22(13-15-24)27(18-20-8-4-2-5-9-20)25(29)16-21-17-26-28(19-21)23-10-6-3-7-11-23/h2-15,17,19H,16,18H2,1H3. The lowest BCUT2D eigenvalue weighted by molar-refractivity contribution is -0.118. The molecule has 0 aliphatic carbocycles. The zero-order valence-corrected chi connectivity index (χ0v) is 16.8. The van der Waals surface area contributed by atoms with Gasteiger partial charge in [0.2, 0.25) is 5.91 Å². The van der Waals surface area contributed by atoms with Crippen LogP contribution in [0.25, 0.3) is 5.69 Å². The van der Waals surface area contributed by atoms with Gasteiger partial charge >= 0.3 is 0 Å². The lowest BCUT2D eigenvalue weighted by Crippen LogP contribution is -2.31. The molecule has 0 aliphatic rings. The van der Waals surface area contributed by atoms with Gasteiger partial charge < -0.3 is 9.64 Å². The van der Waals surface area contributed by atoms with Gasteiger partial charge in [-0.1, -0.05) is 48.5 Å². The van der Waals surface area contributed by atoms with Gasteiger partial charge in [0.25, 0.3) is 0 Å². The predicted octanol–water partition coefficient (Wildman–Crippen LogP) is 4.66. The van der Waals surface area contributed by atoms with Gasteiger partial charge in [0, 0.05) is 11.9 Å². The third kappa shape index (κ3) is 4.58. The van der Waals surface area contributed by atoms with Gasteiger partial charge in [0.05, 0.1) is 32.0 Å². The van der Waals surface area contributed by atoms with Gasteiger partial charge in [-0.2, -0.15) is 5.10 Å². The van der Waals surface area contributed by atoms with E-state index in [-0.39, 0.29) is 12.3 Å². The molecule has 5 nitrogen and oxygen atoms in total. The van der Waals surface area contributed by atoms with Gasteiger partial charge in [-0.15, -0.1) is 0 Å². The van der Waals surface area contributed by atoms with Gasteiger partial charge in [0.1, 0.15) is 5.75 Å². The number of para-hydroxylation sites is 1. The van der Waals surface area contributed by atoms with Gasteiger partial charge in [0.15, 0.2) is 0 Å². The lowest BCUT2D eigenvalue weighted by atomic mass is 10.1. The fraction of sp³-hybridized carbons (Fsp3) is 0.120. The molecule has 5 heteroatoms. The number of methoxy groups -OCH3 is 1. The van der Waals surface area contributed by atoms with Crippen molar-refractivity contribution in [1.29, 1.82) is 0 Å². The summed E-state index contributed by atoms with van der Waals surface area (Å²) < 4.78 is 7.04. The summed E-state index contributed by atoms with van der Waals surface area (Å²) >= 11 is 0. The SMILES string of the molecule is COc1ccc(N(Cc2ccccc2)C(=O)Cc2cnn(-c3ccccc3)c2)cc1. The molecule has 1 heterocycles. The molecule has 4 rings (SSSR count). The second-order valence-electron chi connectivity index (χ2n) is 6.97. The minimum absolute atomic E-state index is 0.0108. The highest BCUT2D eigenvalue weighted by atomic mass is 16.5. The van der Waals surface area contributed by atoms with Crippen LogP contribution in [0, 0.1) is 0 Å². The van der Waals surface area contributed by atoms with E-state index in [0.717, 1.165) is 28.3 Å². The number of anilines is 1. The minimum atomic E-state index is 0.0108. The number of hydrogen-bond donors (Lipinski definition) is 0. The average molecular weight is 397 g/mol. The van der Waals surface area contributed by atoms with Crippen LogP contribution in [0.3, 0.4) is 0 Å². The molecule has 4 aromatic rings. The van der Waals surface area contributed by atoms with Crippen molar-refractivity contribution in [3.05, 3.63) is 108 Å². The Balaban J connectivity index is 1.56. The minimum Gasteiger partial charge on any atom is -0.497 e. The second-order valence-corrected chi connectivity index (χ2v) is 6.97. The first-order valence-corrected chi connectivity index (χ1v) is 9.80. The van der Waals surface area contributed by atoms with E-state index in [1.165, 1.54) is 0 Å². The smallest absolute Gasteiger partial charge is 0.231 e. The van der Waals surface area contributed by atoms with Crippen molar-refractivity contribution in [2.75, 3.05) is 12.0 Å². The molecule has 1 aromatic heterocycles. The molecule has 0 N–H and O–H groups in total. The monoisotopic (exact) mass is 397 g/mol. The summed E-state index contributed by atoms with van der Waals surface area (Å²) in [6.07, 6.45) is 3.92. The summed E-state index contributed by atoms with van der Waals surface area (Å²) in [7, 11) is 1.63. The van der Waals surface area contributed by atoms with Crippen LogP contribution in [-0.4, -0.2) is 22.8 Å². The number of nitrogens with zero attached hydrogens (tertiary/aromatic N) is 3. The zero-order chi connectivity index (χ0) is 20.8. The van der Waals surface area contributed by atoms with Gasteiger partial charge in [-0.3, -0.25) is 4.79 Å². The quantitative estimate of drug-likeness (QED) is 0.456. The number of carbonyl (C=O) groups is 1. The fourth-order valence-corrected chi connectivity index (χ4v) is 3.29. The van der Waals surface area contributed by atoms with E-state index >= 15 is 0 Å². The van der Waals surface area contributed by atoms with E-state index in [1.54, 1.807) is 22.9 Å². The van der Waals surface area contributed by atoms with E-state index in [1.807, 2.05) is 91.1 Å². The first-order valence-electron chi connectivity index (χ1n) is 9.80. The number of rotatable bonds is 7. The topological polar surface area (TPSA) is 47.4 Å². The third-order valence-electron chi connectivity index (χ3n) is 4.88. The molecule has 0 fully saturated rings.